The first-order valence-electron chi connectivity index (χ1n) is 30.7. The van der Waals surface area contributed by atoms with E-state index in [2.05, 4.69) is 45.8 Å². The van der Waals surface area contributed by atoms with Crippen molar-refractivity contribution in [3.05, 3.63) is 78.4 Å². The summed E-state index contributed by atoms with van der Waals surface area (Å²) in [6.45, 7) is 27.3. The Labute approximate surface area is 569 Å². The van der Waals surface area contributed by atoms with E-state index in [9.17, 15) is 44.7 Å². The Bertz CT molecular complexity index is 3870. The molecule has 0 radical (unpaired) electrons. The van der Waals surface area contributed by atoms with Gasteiger partial charge in [0.1, 0.15) is 29.9 Å². The zero-order chi connectivity index (χ0) is 67.0. The molecule has 26 nitrogen and oxygen atoms in total. The van der Waals surface area contributed by atoms with Gasteiger partial charge in [-0.15, -0.1) is 0 Å². The summed E-state index contributed by atoms with van der Waals surface area (Å²) in [6, 6.07) is 13.7. The fourth-order valence-electron chi connectivity index (χ4n) is 11.0. The Kier molecular flexibility index (Phi) is 23.3. The molecular formula is C63H91N14NaO12S3. The molecule has 8 heterocycles. The van der Waals surface area contributed by atoms with Crippen molar-refractivity contribution in [3.63, 3.8) is 0 Å². The van der Waals surface area contributed by atoms with E-state index in [0.717, 1.165) is 51.9 Å². The van der Waals surface area contributed by atoms with E-state index < -0.39 is 69.3 Å². The smallest absolute Gasteiger partial charge is 0.870 e. The van der Waals surface area contributed by atoms with Gasteiger partial charge in [0.15, 0.2) is 73.4 Å². The normalized spacial score (nSPS) is 17.5. The minimum absolute atomic E-state index is 0. The summed E-state index contributed by atoms with van der Waals surface area (Å²) in [4.78, 5) is 75.6. The maximum Gasteiger partial charge on any atom is 1.00 e. The third-order valence-electron chi connectivity index (χ3n) is 16.0. The van der Waals surface area contributed by atoms with Gasteiger partial charge in [-0.3, -0.25) is 14.5 Å². The van der Waals surface area contributed by atoms with Gasteiger partial charge < -0.3 is 46.8 Å². The number of aliphatic hydroxyl groups excluding tert-OH is 1. The minimum Gasteiger partial charge on any atom is -0.870 e. The van der Waals surface area contributed by atoms with E-state index in [1.54, 1.807) is 30.3 Å². The molecule has 7 N–H and O–H groups in total. The third kappa shape index (κ3) is 20.4. The number of anilines is 7. The molecule has 0 atom stereocenters. The third-order valence-corrected chi connectivity index (χ3v) is 22.3. The van der Waals surface area contributed by atoms with Gasteiger partial charge in [0.2, 0.25) is 0 Å². The summed E-state index contributed by atoms with van der Waals surface area (Å²) < 4.78 is 80.4. The van der Waals surface area contributed by atoms with Crippen molar-refractivity contribution in [2.24, 2.45) is 27.1 Å². The summed E-state index contributed by atoms with van der Waals surface area (Å²) in [6.07, 6.45) is 11.4. The van der Waals surface area contributed by atoms with Crippen LogP contribution in [-0.2, 0) is 34.2 Å². The van der Waals surface area contributed by atoms with E-state index in [4.69, 9.17) is 20.4 Å². The molecule has 2 spiro atoms. The SMILES string of the molecule is CC(C)(C)CS(=O)(=O)c1cccc(N)n1.CC(C)(C)CS(=O)(=O)c1cccc(NC(=O)c2ncc(N3C(=O)OCC3(C)C)nc2N2CCC3(CC2)CC3)n1.CC(C)(C)CS(=O)(=O)c1cccc(NC(=O)c2ncc(NC(C)(C)CO)nc2N2CCC3(CC2)CC3)n1.[Na+].[OH-]. The first kappa shape index (κ1) is 75.8. The average molecular weight is 1360 g/mol. The van der Waals surface area contributed by atoms with Crippen molar-refractivity contribution in [2.45, 2.75) is 168 Å². The van der Waals surface area contributed by atoms with Crippen LogP contribution in [0.2, 0.25) is 0 Å². The number of aromatic nitrogens is 7. The van der Waals surface area contributed by atoms with E-state index in [0.29, 0.717) is 34.1 Å². The topological polar surface area (TPSA) is 375 Å². The molecule has 0 unspecified atom stereocenters. The van der Waals surface area contributed by atoms with Gasteiger partial charge in [-0.05, 0) is 143 Å². The van der Waals surface area contributed by atoms with E-state index in [1.165, 1.54) is 67.2 Å². The predicted octanol–water partition coefficient (Wildman–Crippen LogP) is 5.88. The molecule has 10 rings (SSSR count). The first-order chi connectivity index (χ1) is 42.1. The number of cyclic esters (lactones) is 1. The number of rotatable bonds is 16. The number of piperidine rings is 2. The summed E-state index contributed by atoms with van der Waals surface area (Å²) in [5.41, 5.74) is 4.13. The van der Waals surface area contributed by atoms with Crippen molar-refractivity contribution in [1.82, 2.24) is 34.9 Å². The number of hydrogen-bond donors (Lipinski definition) is 5. The monoisotopic (exact) mass is 1350 g/mol. The zero-order valence-electron chi connectivity index (χ0n) is 56.1. The maximum absolute atomic E-state index is 13.5. The molecule has 2 aliphatic carbocycles. The Morgan fingerprint density at radius 3 is 1.32 bits per heavy atom. The molecule has 2 saturated carbocycles. The Morgan fingerprint density at radius 1 is 0.570 bits per heavy atom. The Hall–Kier alpha value is -6.21. The second-order valence-corrected chi connectivity index (χ2v) is 35.5. The van der Waals surface area contributed by atoms with Crippen molar-refractivity contribution in [3.8, 4) is 0 Å². The quantitative estimate of drug-likeness (QED) is 0.0720. The number of aliphatic hydroxyl groups is 1. The predicted molar refractivity (Wildman–Crippen MR) is 352 cm³/mol. The molecule has 93 heavy (non-hydrogen) atoms. The van der Waals surface area contributed by atoms with E-state index in [1.807, 2.05) is 94.9 Å². The molecule has 504 valence electrons. The zero-order valence-corrected chi connectivity index (χ0v) is 60.6. The number of nitrogens with one attached hydrogen (secondary N) is 3. The van der Waals surface area contributed by atoms with Crippen LogP contribution in [0.1, 0.15) is 162 Å². The average Bonchev–Trinajstić information content (AvgIpc) is 1.51. The number of nitrogens with two attached hydrogens (primary N) is 1. The van der Waals surface area contributed by atoms with Crippen molar-refractivity contribution >= 4 is 88.1 Å². The van der Waals surface area contributed by atoms with Gasteiger partial charge in [-0.25, -0.2) is 64.9 Å². The number of nitrogens with zero attached hydrogens (tertiary/aromatic N) is 10. The van der Waals surface area contributed by atoms with Gasteiger partial charge in [0.05, 0.1) is 47.3 Å². The van der Waals surface area contributed by atoms with Gasteiger partial charge in [-0.2, -0.15) is 0 Å². The largest absolute Gasteiger partial charge is 1.00 e. The number of sulfone groups is 3. The molecule has 5 aromatic heterocycles. The summed E-state index contributed by atoms with van der Waals surface area (Å²) in [5, 5.41) is 18.1. The van der Waals surface area contributed by atoms with Crippen molar-refractivity contribution in [2.75, 3.05) is 93.0 Å². The standard InChI is InChI=1S/C27H36N6O5S.C26H38N6O4S.C10H16N2O2S.Na.H2O/c1-25(2,3)17-39(36,37)20-8-6-7-18(29-20)30-23(34)21-22(32-13-11-27(9-10-27)12-14-32)31-19(15-28-21)33-24(35)38-16-26(33,4)5;1-24(2,3)17-37(35,36)20-8-6-7-18(28-20)30-23(34)21-22(32-13-11-26(9-10-26)12-14-32)29-19(15-27-21)31-25(4,5)16-33;1-10(2,3)7-15(13,14)9-6-4-5-8(11)12-9;;/h6-8,15H,9-14,16-17H2,1-5H3,(H,29,30,34);6-8,15,33H,9-14,16-17H2,1-5H3,(H,29,31)(H,28,30,34);4-6H,7H2,1-3H3,(H2,11,12);;1H2/q;;;+1;/p-1. The second kappa shape index (κ2) is 28.6. The summed E-state index contributed by atoms with van der Waals surface area (Å²) >= 11 is 0. The van der Waals surface area contributed by atoms with Crippen LogP contribution < -0.4 is 65.9 Å². The first-order valence-corrected chi connectivity index (χ1v) is 35.6. The van der Waals surface area contributed by atoms with Gasteiger partial charge >= 0.3 is 35.7 Å². The molecule has 5 aromatic rings. The van der Waals surface area contributed by atoms with Gasteiger partial charge in [0, 0.05) is 26.2 Å². The van der Waals surface area contributed by atoms with Crippen molar-refractivity contribution < 1.29 is 84.5 Å². The molecular weight excluding hydrogens is 1260 g/mol. The van der Waals surface area contributed by atoms with Crippen LogP contribution in [0.25, 0.3) is 0 Å². The fraction of sp³-hybridized carbons (Fsp3) is 0.587. The molecule has 30 heteroatoms. The van der Waals surface area contributed by atoms with Gasteiger partial charge in [0.25, 0.3) is 11.8 Å². The number of ether oxygens (including phenoxy) is 1. The summed E-state index contributed by atoms with van der Waals surface area (Å²) in [5.74, 6) is 0.940. The fourth-order valence-corrected chi connectivity index (χ4v) is 16.5. The number of hydrogen-bond acceptors (Lipinski definition) is 23. The maximum atomic E-state index is 13.5. The van der Waals surface area contributed by atoms with Gasteiger partial charge in [-0.1, -0.05) is 80.5 Å². The summed E-state index contributed by atoms with van der Waals surface area (Å²) in [7, 11) is -10.6. The molecule has 5 fully saturated rings. The van der Waals surface area contributed by atoms with Crippen LogP contribution in [0.3, 0.4) is 0 Å². The second-order valence-electron chi connectivity index (χ2n) is 29.7. The molecule has 3 aliphatic heterocycles. The molecule has 5 aliphatic rings. The van der Waals surface area contributed by atoms with Crippen LogP contribution in [0, 0.1) is 27.1 Å². The Morgan fingerprint density at radius 2 is 0.957 bits per heavy atom. The number of pyridine rings is 3. The Balaban J connectivity index is 0.000000238. The van der Waals surface area contributed by atoms with Crippen LogP contribution in [0.15, 0.2) is 82.1 Å². The van der Waals surface area contributed by atoms with Crippen LogP contribution in [0.4, 0.5) is 45.5 Å². The molecule has 0 bridgehead atoms. The number of carbonyl (C=O) groups excluding carboxylic acids is 3. The number of nitrogen functional groups attached to an aromatic ring is 1. The number of amides is 3. The van der Waals surface area contributed by atoms with E-state index >= 15 is 0 Å². The number of carbonyl (C=O) groups is 3. The van der Waals surface area contributed by atoms with Crippen LogP contribution >= 0.6 is 0 Å². The van der Waals surface area contributed by atoms with Crippen LogP contribution in [0.5, 0.6) is 0 Å². The van der Waals surface area contributed by atoms with E-state index in [-0.39, 0.29) is 115 Å². The molecule has 0 aromatic carbocycles. The van der Waals surface area contributed by atoms with Crippen molar-refractivity contribution in [1.29, 1.82) is 0 Å². The minimum atomic E-state index is -3.65. The molecule has 3 saturated heterocycles. The molecule has 3 amide bonds. The van der Waals surface area contributed by atoms with Crippen LogP contribution in [-0.4, -0.2) is 156 Å².